The van der Waals surface area contributed by atoms with Gasteiger partial charge in [0.1, 0.15) is 5.75 Å². The zero-order valence-corrected chi connectivity index (χ0v) is 15.2. The fraction of sp³-hybridized carbons (Fsp3) is 0.471. The first kappa shape index (κ1) is 20.3. The maximum atomic E-state index is 12.2. The number of carboxylic acid groups (broad SMARTS) is 1. The summed E-state index contributed by atoms with van der Waals surface area (Å²) in [5.41, 5.74) is 1.33. The lowest BCUT2D eigenvalue weighted by atomic mass is 10.2. The maximum Gasteiger partial charge on any atom is 0.321 e. The van der Waals surface area contributed by atoms with Crippen molar-refractivity contribution in [2.24, 2.45) is 5.92 Å². The van der Waals surface area contributed by atoms with Crippen molar-refractivity contribution in [3.8, 4) is 5.75 Å². The quantitative estimate of drug-likeness (QED) is 0.778. The number of carbonyl (C=O) groups excluding carboxylic acids is 2. The van der Waals surface area contributed by atoms with Crippen molar-refractivity contribution in [1.82, 2.24) is 9.80 Å². The largest absolute Gasteiger partial charge is 0.482 e. The van der Waals surface area contributed by atoms with Crippen LogP contribution in [0.25, 0.3) is 0 Å². The molecule has 1 rings (SSSR count). The second-order valence-corrected chi connectivity index (χ2v) is 6.13. The van der Waals surface area contributed by atoms with Crippen LogP contribution in [-0.2, 0) is 9.59 Å². The minimum Gasteiger partial charge on any atom is -0.482 e. The normalized spacial score (nSPS) is 11.4. The number of hydrogen-bond acceptors (Lipinski definition) is 4. The molecule has 1 atom stereocenters. The van der Waals surface area contributed by atoms with Gasteiger partial charge >= 0.3 is 12.0 Å². The molecule has 1 aromatic carbocycles. The van der Waals surface area contributed by atoms with Crippen molar-refractivity contribution in [3.63, 3.8) is 0 Å². The summed E-state index contributed by atoms with van der Waals surface area (Å²) in [6.07, 6.45) is 0. The Morgan fingerprint density at radius 1 is 1.24 bits per heavy atom. The van der Waals surface area contributed by atoms with Crippen LogP contribution in [0.4, 0.5) is 10.5 Å². The van der Waals surface area contributed by atoms with Crippen LogP contribution in [-0.4, -0.2) is 67.1 Å². The highest BCUT2D eigenvalue weighted by Gasteiger charge is 2.18. The van der Waals surface area contributed by atoms with Crippen molar-refractivity contribution >= 4 is 23.6 Å². The Kier molecular flexibility index (Phi) is 7.22. The van der Waals surface area contributed by atoms with E-state index in [9.17, 15) is 14.4 Å². The number of anilines is 1. The van der Waals surface area contributed by atoms with Gasteiger partial charge in [-0.3, -0.25) is 9.59 Å². The van der Waals surface area contributed by atoms with Gasteiger partial charge in [0.05, 0.1) is 11.6 Å². The van der Waals surface area contributed by atoms with E-state index < -0.39 is 17.9 Å². The predicted octanol–water partition coefficient (Wildman–Crippen LogP) is 1.65. The number of nitrogens with zero attached hydrogens (tertiary/aromatic N) is 2. The Morgan fingerprint density at radius 3 is 2.44 bits per heavy atom. The number of benzene rings is 1. The van der Waals surface area contributed by atoms with Crippen molar-refractivity contribution < 1.29 is 24.2 Å². The third kappa shape index (κ3) is 6.33. The lowest BCUT2D eigenvalue weighted by Gasteiger charge is -2.21. The molecule has 0 aliphatic carbocycles. The molecule has 0 aromatic heterocycles. The summed E-state index contributed by atoms with van der Waals surface area (Å²) in [4.78, 5) is 37.5. The number of amides is 3. The van der Waals surface area contributed by atoms with Gasteiger partial charge in [0, 0.05) is 27.7 Å². The number of aliphatic carboxylic acids is 1. The van der Waals surface area contributed by atoms with E-state index in [1.807, 2.05) is 6.92 Å². The third-order valence-electron chi connectivity index (χ3n) is 3.54. The number of rotatable bonds is 7. The number of carbonyl (C=O) groups is 3. The van der Waals surface area contributed by atoms with Crippen LogP contribution in [0.2, 0.25) is 0 Å². The molecule has 0 fully saturated rings. The second kappa shape index (κ2) is 8.91. The Morgan fingerprint density at radius 2 is 1.88 bits per heavy atom. The van der Waals surface area contributed by atoms with E-state index in [1.54, 1.807) is 32.3 Å². The Balaban J connectivity index is 2.81. The first-order valence-corrected chi connectivity index (χ1v) is 7.80. The highest BCUT2D eigenvalue weighted by atomic mass is 16.5. The van der Waals surface area contributed by atoms with Gasteiger partial charge in [-0.25, -0.2) is 4.79 Å². The first-order chi connectivity index (χ1) is 11.6. The molecule has 1 unspecified atom stereocenters. The van der Waals surface area contributed by atoms with E-state index in [-0.39, 0.29) is 19.1 Å². The van der Waals surface area contributed by atoms with E-state index in [2.05, 4.69) is 5.32 Å². The van der Waals surface area contributed by atoms with Gasteiger partial charge in [-0.15, -0.1) is 0 Å². The maximum absolute atomic E-state index is 12.2. The molecule has 0 bridgehead atoms. The molecular formula is C17H25N3O5. The highest BCUT2D eigenvalue weighted by molar-refractivity contribution is 5.91. The molecule has 0 spiro atoms. The minimum absolute atomic E-state index is 0.0718. The van der Waals surface area contributed by atoms with Gasteiger partial charge in [0.25, 0.3) is 5.91 Å². The van der Waals surface area contributed by atoms with Gasteiger partial charge in [0.15, 0.2) is 6.61 Å². The summed E-state index contributed by atoms with van der Waals surface area (Å²) in [6.45, 7) is 3.32. The summed E-state index contributed by atoms with van der Waals surface area (Å²) >= 11 is 0. The van der Waals surface area contributed by atoms with E-state index in [1.165, 1.54) is 23.8 Å². The topological polar surface area (TPSA) is 99.2 Å². The Hall–Kier alpha value is -2.77. The van der Waals surface area contributed by atoms with E-state index in [4.69, 9.17) is 9.84 Å². The van der Waals surface area contributed by atoms with Crippen LogP contribution >= 0.6 is 0 Å². The van der Waals surface area contributed by atoms with Crippen LogP contribution in [0.3, 0.4) is 0 Å². The fourth-order valence-electron chi connectivity index (χ4n) is 1.90. The summed E-state index contributed by atoms with van der Waals surface area (Å²) in [5, 5.41) is 11.6. The molecule has 0 radical (unpaired) electrons. The molecule has 0 saturated carbocycles. The van der Waals surface area contributed by atoms with E-state index in [0.717, 1.165) is 5.56 Å². The molecule has 0 saturated heterocycles. The van der Waals surface area contributed by atoms with Gasteiger partial charge in [-0.05, 0) is 24.6 Å². The van der Waals surface area contributed by atoms with Crippen molar-refractivity contribution in [2.45, 2.75) is 13.8 Å². The molecule has 0 heterocycles. The van der Waals surface area contributed by atoms with Crippen LogP contribution in [0, 0.1) is 12.8 Å². The lowest BCUT2D eigenvalue weighted by Crippen LogP contribution is -2.36. The average Bonchev–Trinajstić information content (AvgIpc) is 2.53. The summed E-state index contributed by atoms with van der Waals surface area (Å²) < 4.78 is 5.52. The van der Waals surface area contributed by atoms with Gasteiger partial charge in [0.2, 0.25) is 0 Å². The zero-order chi connectivity index (χ0) is 19.1. The lowest BCUT2D eigenvalue weighted by molar-refractivity contribution is -0.141. The van der Waals surface area contributed by atoms with Gasteiger partial charge in [-0.1, -0.05) is 13.0 Å². The average molecular weight is 351 g/mol. The van der Waals surface area contributed by atoms with E-state index in [0.29, 0.717) is 11.4 Å². The van der Waals surface area contributed by atoms with Crippen LogP contribution in [0.1, 0.15) is 12.5 Å². The van der Waals surface area contributed by atoms with Crippen molar-refractivity contribution in [1.29, 1.82) is 0 Å². The molecule has 3 amide bonds. The first-order valence-electron chi connectivity index (χ1n) is 7.80. The predicted molar refractivity (Wildman–Crippen MR) is 93.8 cm³/mol. The molecule has 138 valence electrons. The molecule has 25 heavy (non-hydrogen) atoms. The number of urea groups is 1. The number of ether oxygens (including phenoxy) is 1. The van der Waals surface area contributed by atoms with Gasteiger partial charge < -0.3 is 25.0 Å². The van der Waals surface area contributed by atoms with Crippen LogP contribution in [0.5, 0.6) is 5.75 Å². The molecular weight excluding hydrogens is 326 g/mol. The number of aryl methyl sites for hydroxylation is 1. The van der Waals surface area contributed by atoms with Gasteiger partial charge in [-0.2, -0.15) is 0 Å². The molecule has 8 nitrogen and oxygen atoms in total. The smallest absolute Gasteiger partial charge is 0.321 e. The molecule has 0 aliphatic rings. The van der Waals surface area contributed by atoms with Crippen LogP contribution < -0.4 is 10.1 Å². The van der Waals surface area contributed by atoms with Crippen molar-refractivity contribution in [3.05, 3.63) is 23.8 Å². The number of carboxylic acids is 1. The third-order valence-corrected chi connectivity index (χ3v) is 3.54. The zero-order valence-electron chi connectivity index (χ0n) is 15.2. The fourth-order valence-corrected chi connectivity index (χ4v) is 1.90. The minimum atomic E-state index is -0.971. The summed E-state index contributed by atoms with van der Waals surface area (Å²) in [6, 6.07) is 4.74. The number of hydrogen-bond donors (Lipinski definition) is 2. The second-order valence-electron chi connectivity index (χ2n) is 6.13. The number of likely N-dealkylation sites (N-methyl/N-ethyl adjacent to an activating group) is 1. The van der Waals surface area contributed by atoms with E-state index >= 15 is 0 Å². The summed E-state index contributed by atoms with van der Waals surface area (Å²) in [5.74, 6) is -1.47. The molecule has 1 aromatic rings. The monoisotopic (exact) mass is 351 g/mol. The molecule has 2 N–H and O–H groups in total. The SMILES string of the molecule is Cc1ccc(NC(=O)N(C)CC(C)C(=O)O)c(OCC(=O)N(C)C)c1. The number of nitrogens with one attached hydrogen (secondary N) is 1. The van der Waals surface area contributed by atoms with Crippen molar-refractivity contribution in [2.75, 3.05) is 39.6 Å². The molecule has 0 aliphatic heterocycles. The Labute approximate surface area is 147 Å². The standard InChI is InChI=1S/C17H25N3O5/c1-11-6-7-13(14(8-11)25-10-15(21)19(3)4)18-17(24)20(5)9-12(2)16(22)23/h6-8,12H,9-10H2,1-5H3,(H,18,24)(H,22,23). The Bertz CT molecular complexity index is 645. The molecule has 8 heteroatoms. The highest BCUT2D eigenvalue weighted by Crippen LogP contribution is 2.26. The summed E-state index contributed by atoms with van der Waals surface area (Å²) in [7, 11) is 4.77. The van der Waals surface area contributed by atoms with Crippen LogP contribution in [0.15, 0.2) is 18.2 Å².